The summed E-state index contributed by atoms with van der Waals surface area (Å²) in [6.45, 7) is 4.15. The van der Waals surface area contributed by atoms with E-state index in [0.717, 1.165) is 24.0 Å². The number of aliphatic hydroxyl groups is 1. The van der Waals surface area contributed by atoms with Crippen molar-refractivity contribution < 1.29 is 18.3 Å². The third kappa shape index (κ3) is 5.35. The molecule has 0 atom stereocenters. The molecule has 3 N–H and O–H groups in total. The summed E-state index contributed by atoms with van der Waals surface area (Å²) in [5.41, 5.74) is 2.99. The lowest BCUT2D eigenvalue weighted by atomic mass is 9.94. The Morgan fingerprint density at radius 2 is 1.88 bits per heavy atom. The fraction of sp³-hybridized carbons (Fsp3) is 0.389. The van der Waals surface area contributed by atoms with Crippen molar-refractivity contribution in [3.8, 4) is 0 Å². The second kappa shape index (κ2) is 8.20. The predicted octanol–water partition coefficient (Wildman–Crippen LogP) is 3.32. The first-order valence-corrected chi connectivity index (χ1v) is 9.78. The van der Waals surface area contributed by atoms with Gasteiger partial charge in [-0.05, 0) is 43.9 Å². The normalized spacial score (nSPS) is 14.9. The smallest absolute Gasteiger partial charge is 0.328 e. The summed E-state index contributed by atoms with van der Waals surface area (Å²) in [4.78, 5) is 11.9. The molecular weight excluding hydrogens is 340 g/mol. The maximum absolute atomic E-state index is 12.1. The van der Waals surface area contributed by atoms with Gasteiger partial charge in [-0.25, -0.2) is 17.9 Å². The molecule has 0 unspecified atom stereocenters. The topological polar surface area (TPSA) is 95.5 Å². The zero-order valence-electron chi connectivity index (χ0n) is 14.5. The van der Waals surface area contributed by atoms with Gasteiger partial charge in [0.1, 0.15) is 0 Å². The number of aryl methyl sites for hydroxylation is 1. The lowest BCUT2D eigenvalue weighted by molar-refractivity contribution is 0.246. The zero-order valence-corrected chi connectivity index (χ0v) is 15.3. The van der Waals surface area contributed by atoms with Crippen molar-refractivity contribution in [2.24, 2.45) is 0 Å². The number of aliphatic hydroxyl groups excluding tert-OH is 1. The van der Waals surface area contributed by atoms with Gasteiger partial charge in [-0.3, -0.25) is 0 Å². The number of carbonyl (C=O) groups excluding carboxylic acids is 1. The molecule has 1 aromatic rings. The van der Waals surface area contributed by atoms with E-state index in [1.807, 2.05) is 17.7 Å². The molecular formula is C18H24N2O4S. The minimum atomic E-state index is -3.89. The highest BCUT2D eigenvalue weighted by Crippen LogP contribution is 2.25. The van der Waals surface area contributed by atoms with Gasteiger partial charge in [0.05, 0.1) is 10.7 Å². The quantitative estimate of drug-likeness (QED) is 0.721. The Hall–Kier alpha value is -2.28. The molecule has 0 heterocycles. The maximum Gasteiger partial charge on any atom is 0.328 e. The van der Waals surface area contributed by atoms with E-state index in [9.17, 15) is 18.3 Å². The molecule has 6 nitrogen and oxygen atoms in total. The SMILES string of the molecule is CCC1=CC(CCNC(=O)NS(=O)(=O)c2ccc(C)cc2)=C(O)CC1. The van der Waals surface area contributed by atoms with Crippen molar-refractivity contribution in [2.45, 2.75) is 44.4 Å². The van der Waals surface area contributed by atoms with E-state index in [1.54, 1.807) is 12.1 Å². The van der Waals surface area contributed by atoms with Crippen molar-refractivity contribution in [1.82, 2.24) is 10.0 Å². The first kappa shape index (κ1) is 19.1. The van der Waals surface area contributed by atoms with E-state index < -0.39 is 16.1 Å². The first-order valence-electron chi connectivity index (χ1n) is 8.29. The molecule has 0 saturated carbocycles. The van der Waals surface area contributed by atoms with Crippen LogP contribution >= 0.6 is 0 Å². The van der Waals surface area contributed by atoms with Crippen molar-refractivity contribution >= 4 is 16.1 Å². The number of allylic oxidation sites excluding steroid dienone is 3. The van der Waals surface area contributed by atoms with Gasteiger partial charge in [-0.1, -0.05) is 36.3 Å². The number of nitrogens with one attached hydrogen (secondary N) is 2. The van der Waals surface area contributed by atoms with Gasteiger partial charge in [0, 0.05) is 13.0 Å². The van der Waals surface area contributed by atoms with E-state index in [-0.39, 0.29) is 11.4 Å². The summed E-state index contributed by atoms with van der Waals surface area (Å²) in [6.07, 6.45) is 4.81. The Balaban J connectivity index is 1.88. The van der Waals surface area contributed by atoms with Gasteiger partial charge >= 0.3 is 6.03 Å². The number of rotatable bonds is 6. The number of benzene rings is 1. The van der Waals surface area contributed by atoms with Crippen LogP contribution < -0.4 is 10.0 Å². The van der Waals surface area contributed by atoms with Crippen molar-refractivity contribution in [3.05, 3.63) is 52.8 Å². The fourth-order valence-electron chi connectivity index (χ4n) is 2.58. The van der Waals surface area contributed by atoms with Crippen LogP contribution in [-0.4, -0.2) is 26.1 Å². The third-order valence-corrected chi connectivity index (χ3v) is 5.47. The van der Waals surface area contributed by atoms with E-state index >= 15 is 0 Å². The zero-order chi connectivity index (χ0) is 18.4. The summed E-state index contributed by atoms with van der Waals surface area (Å²) in [7, 11) is -3.89. The molecule has 1 aromatic carbocycles. The molecule has 0 spiro atoms. The Morgan fingerprint density at radius 1 is 1.20 bits per heavy atom. The number of sulfonamides is 1. The number of amides is 2. The minimum Gasteiger partial charge on any atom is -0.512 e. The molecule has 136 valence electrons. The van der Waals surface area contributed by atoms with Gasteiger partial charge < -0.3 is 10.4 Å². The van der Waals surface area contributed by atoms with Crippen LogP contribution in [0.2, 0.25) is 0 Å². The summed E-state index contributed by atoms with van der Waals surface area (Å²) >= 11 is 0. The first-order chi connectivity index (χ1) is 11.8. The highest BCUT2D eigenvalue weighted by Gasteiger charge is 2.17. The molecule has 0 aromatic heterocycles. The summed E-state index contributed by atoms with van der Waals surface area (Å²) in [6, 6.07) is 5.46. The lowest BCUT2D eigenvalue weighted by Crippen LogP contribution is -2.39. The molecule has 1 aliphatic rings. The van der Waals surface area contributed by atoms with Crippen LogP contribution in [-0.2, 0) is 10.0 Å². The molecule has 7 heteroatoms. The minimum absolute atomic E-state index is 0.0383. The molecule has 1 aliphatic carbocycles. The average Bonchev–Trinajstić information content (AvgIpc) is 2.56. The van der Waals surface area contributed by atoms with Crippen LogP contribution in [0.4, 0.5) is 4.79 Å². The summed E-state index contributed by atoms with van der Waals surface area (Å²) in [5, 5.41) is 12.4. The van der Waals surface area contributed by atoms with Crippen LogP contribution in [0.5, 0.6) is 0 Å². The Labute approximate surface area is 148 Å². The molecule has 0 aliphatic heterocycles. The van der Waals surface area contributed by atoms with E-state index in [0.29, 0.717) is 18.6 Å². The van der Waals surface area contributed by atoms with E-state index in [4.69, 9.17) is 0 Å². The highest BCUT2D eigenvalue weighted by molar-refractivity contribution is 7.90. The Morgan fingerprint density at radius 3 is 2.52 bits per heavy atom. The number of hydrogen-bond donors (Lipinski definition) is 3. The van der Waals surface area contributed by atoms with Crippen LogP contribution in [0.1, 0.15) is 38.2 Å². The highest BCUT2D eigenvalue weighted by atomic mass is 32.2. The van der Waals surface area contributed by atoms with Gasteiger partial charge in [0.2, 0.25) is 0 Å². The average molecular weight is 364 g/mol. The Bertz CT molecular complexity index is 793. The molecule has 0 bridgehead atoms. The van der Waals surface area contributed by atoms with E-state index in [1.165, 1.54) is 17.7 Å². The second-order valence-electron chi connectivity index (χ2n) is 6.05. The summed E-state index contributed by atoms with van der Waals surface area (Å²) < 4.78 is 26.2. The number of hydrogen-bond acceptors (Lipinski definition) is 4. The van der Waals surface area contributed by atoms with Crippen molar-refractivity contribution in [2.75, 3.05) is 6.54 Å². The van der Waals surface area contributed by atoms with Crippen LogP contribution in [0, 0.1) is 6.92 Å². The van der Waals surface area contributed by atoms with E-state index in [2.05, 4.69) is 12.2 Å². The van der Waals surface area contributed by atoms with Crippen LogP contribution in [0.3, 0.4) is 0 Å². The molecule has 0 fully saturated rings. The molecule has 2 amide bonds. The number of carbonyl (C=O) groups is 1. The largest absolute Gasteiger partial charge is 0.512 e. The predicted molar refractivity (Wildman–Crippen MR) is 96.8 cm³/mol. The molecule has 0 saturated heterocycles. The van der Waals surface area contributed by atoms with Crippen molar-refractivity contribution in [3.63, 3.8) is 0 Å². The van der Waals surface area contributed by atoms with Gasteiger partial charge in [-0.15, -0.1) is 0 Å². The lowest BCUT2D eigenvalue weighted by Gasteiger charge is -2.16. The third-order valence-electron chi connectivity index (χ3n) is 4.12. The Kier molecular flexibility index (Phi) is 6.25. The van der Waals surface area contributed by atoms with Crippen LogP contribution in [0.25, 0.3) is 0 Å². The maximum atomic E-state index is 12.1. The van der Waals surface area contributed by atoms with Crippen LogP contribution in [0.15, 0.2) is 52.1 Å². The monoisotopic (exact) mass is 364 g/mol. The summed E-state index contributed by atoms with van der Waals surface area (Å²) in [5.74, 6) is 0.340. The standard InChI is InChI=1S/C18H24N2O4S/c1-3-14-6-9-17(21)15(12-14)10-11-19-18(22)20-25(23,24)16-7-4-13(2)5-8-16/h4-5,7-8,12,21H,3,6,9-11H2,1-2H3,(H2,19,20,22). The molecule has 25 heavy (non-hydrogen) atoms. The van der Waals surface area contributed by atoms with Gasteiger partial charge in [0.25, 0.3) is 10.0 Å². The fourth-order valence-corrected chi connectivity index (χ4v) is 3.51. The van der Waals surface area contributed by atoms with Gasteiger partial charge in [-0.2, -0.15) is 0 Å². The molecule has 0 radical (unpaired) electrons. The van der Waals surface area contributed by atoms with Crippen molar-refractivity contribution in [1.29, 1.82) is 0 Å². The van der Waals surface area contributed by atoms with Gasteiger partial charge in [0.15, 0.2) is 0 Å². The number of urea groups is 1. The molecule has 2 rings (SSSR count). The second-order valence-corrected chi connectivity index (χ2v) is 7.73.